The minimum atomic E-state index is -2.44. The third-order valence-electron chi connectivity index (χ3n) is 3.67. The molecule has 1 amide bonds. The van der Waals surface area contributed by atoms with Crippen LogP contribution in [0.3, 0.4) is 0 Å². The molecule has 1 aromatic carbocycles. The molecule has 0 saturated carbocycles. The average molecular weight is 457 g/mol. The minimum absolute atomic E-state index is 0.0409. The van der Waals surface area contributed by atoms with Gasteiger partial charge in [0.2, 0.25) is 11.0 Å². The fourth-order valence-electron chi connectivity index (χ4n) is 2.29. The van der Waals surface area contributed by atoms with Crippen LogP contribution in [0.2, 0.25) is 0 Å². The first-order chi connectivity index (χ1) is 13.9. The van der Waals surface area contributed by atoms with Crippen LogP contribution in [0.4, 0.5) is 19.6 Å². The quantitative estimate of drug-likeness (QED) is 0.441. The monoisotopic (exact) mass is 456 g/mol. The average Bonchev–Trinajstić information content (AvgIpc) is 3.29. The number of nitrogens with zero attached hydrogens (tertiary/aromatic N) is 3. The first-order valence-electron chi connectivity index (χ1n) is 8.46. The van der Waals surface area contributed by atoms with Crippen molar-refractivity contribution in [2.24, 2.45) is 0 Å². The lowest BCUT2D eigenvalue weighted by atomic mass is 10.3. The van der Waals surface area contributed by atoms with E-state index in [1.54, 1.807) is 36.2 Å². The molecule has 0 spiro atoms. The third-order valence-corrected chi connectivity index (χ3v) is 6.35. The van der Waals surface area contributed by atoms with Crippen LogP contribution in [0.1, 0.15) is 11.5 Å². The summed E-state index contributed by atoms with van der Waals surface area (Å²) in [4.78, 5) is 14.4. The number of furan rings is 1. The lowest BCUT2D eigenvalue weighted by Crippen LogP contribution is -2.27. The zero-order valence-corrected chi connectivity index (χ0v) is 18.0. The Labute approximate surface area is 179 Å². The van der Waals surface area contributed by atoms with E-state index in [0.29, 0.717) is 32.7 Å². The van der Waals surface area contributed by atoms with Gasteiger partial charge in [0, 0.05) is 17.6 Å². The number of hydrogen-bond donors (Lipinski definition) is 1. The number of carbonyl (C=O) groups is 1. The van der Waals surface area contributed by atoms with Gasteiger partial charge in [-0.15, -0.1) is 10.2 Å². The fourth-order valence-corrected chi connectivity index (χ4v) is 4.50. The van der Waals surface area contributed by atoms with Gasteiger partial charge in [0.15, 0.2) is 4.34 Å². The number of aromatic nitrogens is 2. The minimum Gasteiger partial charge on any atom is -0.464 e. The van der Waals surface area contributed by atoms with Crippen LogP contribution in [-0.4, -0.2) is 39.6 Å². The highest BCUT2D eigenvalue weighted by molar-refractivity contribution is 8.01. The standard InChI is InChI=1S/C18H18F2N4O2S3/c1-11-3-6-13(26-11)9-24(2)15(25)10-27-18-23-22-17(29-18)21-12-4-7-14(8-5-12)28-16(19)20/h3-8,16H,9-10H2,1-2H3,(H,21,22). The summed E-state index contributed by atoms with van der Waals surface area (Å²) < 4.78 is 30.9. The van der Waals surface area contributed by atoms with Crippen molar-refractivity contribution in [3.63, 3.8) is 0 Å². The van der Waals surface area contributed by atoms with E-state index >= 15 is 0 Å². The highest BCUT2D eigenvalue weighted by atomic mass is 32.2. The first kappa shape index (κ1) is 21.6. The van der Waals surface area contributed by atoms with E-state index in [2.05, 4.69) is 15.5 Å². The Balaban J connectivity index is 1.47. The van der Waals surface area contributed by atoms with Crippen LogP contribution in [0, 0.1) is 6.92 Å². The number of anilines is 2. The van der Waals surface area contributed by atoms with Crippen molar-refractivity contribution in [3.05, 3.63) is 47.9 Å². The van der Waals surface area contributed by atoms with E-state index in [0.717, 1.165) is 17.2 Å². The summed E-state index contributed by atoms with van der Waals surface area (Å²) in [5.41, 5.74) is 0.723. The van der Waals surface area contributed by atoms with E-state index in [1.165, 1.54) is 23.1 Å². The summed E-state index contributed by atoms with van der Waals surface area (Å²) in [6, 6.07) is 10.4. The molecule has 154 valence electrons. The predicted octanol–water partition coefficient (Wildman–Crippen LogP) is 5.25. The topological polar surface area (TPSA) is 71.3 Å². The van der Waals surface area contributed by atoms with Crippen LogP contribution in [0.25, 0.3) is 0 Å². The van der Waals surface area contributed by atoms with Gasteiger partial charge in [-0.05, 0) is 43.3 Å². The largest absolute Gasteiger partial charge is 0.464 e. The second-order valence-corrected chi connectivity index (χ2v) is 9.22. The van der Waals surface area contributed by atoms with Gasteiger partial charge in [0.05, 0.1) is 12.3 Å². The molecular formula is C18H18F2N4O2S3. The van der Waals surface area contributed by atoms with E-state index in [-0.39, 0.29) is 11.7 Å². The van der Waals surface area contributed by atoms with Crippen molar-refractivity contribution in [3.8, 4) is 0 Å². The smallest absolute Gasteiger partial charge is 0.288 e. The van der Waals surface area contributed by atoms with Gasteiger partial charge in [-0.3, -0.25) is 4.79 Å². The molecule has 0 saturated heterocycles. The van der Waals surface area contributed by atoms with Crippen molar-refractivity contribution in [2.75, 3.05) is 18.1 Å². The highest BCUT2D eigenvalue weighted by Gasteiger charge is 2.14. The second-order valence-electron chi connectivity index (χ2n) is 5.95. The molecule has 0 aliphatic carbocycles. The molecule has 2 aromatic heterocycles. The van der Waals surface area contributed by atoms with Crippen molar-refractivity contribution in [1.82, 2.24) is 15.1 Å². The second kappa shape index (κ2) is 10.1. The van der Waals surface area contributed by atoms with Crippen LogP contribution in [-0.2, 0) is 11.3 Å². The maximum atomic E-state index is 12.4. The van der Waals surface area contributed by atoms with Crippen LogP contribution >= 0.6 is 34.9 Å². The van der Waals surface area contributed by atoms with Crippen molar-refractivity contribution < 1.29 is 18.0 Å². The number of thioether (sulfide) groups is 2. The molecule has 0 radical (unpaired) electrons. The summed E-state index contributed by atoms with van der Waals surface area (Å²) in [7, 11) is 1.73. The Morgan fingerprint density at radius 2 is 2.00 bits per heavy atom. The molecule has 0 atom stereocenters. The molecule has 0 aliphatic rings. The maximum absolute atomic E-state index is 12.4. The number of amides is 1. The number of rotatable bonds is 9. The number of benzene rings is 1. The van der Waals surface area contributed by atoms with E-state index in [1.807, 2.05) is 19.1 Å². The number of carbonyl (C=O) groups excluding carboxylic acids is 1. The maximum Gasteiger partial charge on any atom is 0.288 e. The predicted molar refractivity (Wildman–Crippen MR) is 112 cm³/mol. The molecule has 1 N–H and O–H groups in total. The third kappa shape index (κ3) is 6.72. The van der Waals surface area contributed by atoms with Gasteiger partial charge in [0.1, 0.15) is 11.5 Å². The molecular weight excluding hydrogens is 438 g/mol. The number of alkyl halides is 2. The zero-order valence-electron chi connectivity index (χ0n) is 15.6. The zero-order chi connectivity index (χ0) is 20.8. The first-order valence-corrected chi connectivity index (χ1v) is 11.1. The Morgan fingerprint density at radius 3 is 2.66 bits per heavy atom. The number of hydrogen-bond acceptors (Lipinski definition) is 8. The Morgan fingerprint density at radius 1 is 1.24 bits per heavy atom. The molecule has 29 heavy (non-hydrogen) atoms. The van der Waals surface area contributed by atoms with E-state index in [4.69, 9.17) is 4.42 Å². The fraction of sp³-hybridized carbons (Fsp3) is 0.278. The SMILES string of the molecule is Cc1ccc(CN(C)C(=O)CSc2nnc(Nc3ccc(SC(F)F)cc3)s2)o1. The lowest BCUT2D eigenvalue weighted by Gasteiger charge is -2.14. The van der Waals surface area contributed by atoms with Gasteiger partial charge in [-0.2, -0.15) is 8.78 Å². The molecule has 0 fully saturated rings. The van der Waals surface area contributed by atoms with Crippen molar-refractivity contribution in [1.29, 1.82) is 0 Å². The lowest BCUT2D eigenvalue weighted by molar-refractivity contribution is -0.127. The normalized spacial score (nSPS) is 11.1. The number of nitrogens with one attached hydrogen (secondary N) is 1. The van der Waals surface area contributed by atoms with Crippen LogP contribution in [0.5, 0.6) is 0 Å². The van der Waals surface area contributed by atoms with E-state index < -0.39 is 5.76 Å². The molecule has 3 rings (SSSR count). The van der Waals surface area contributed by atoms with Crippen LogP contribution < -0.4 is 5.32 Å². The molecule has 11 heteroatoms. The molecule has 0 bridgehead atoms. The number of aryl methyl sites for hydroxylation is 1. The van der Waals surface area contributed by atoms with Gasteiger partial charge in [-0.25, -0.2) is 0 Å². The summed E-state index contributed by atoms with van der Waals surface area (Å²) in [6.07, 6.45) is 0. The Bertz CT molecular complexity index is 947. The van der Waals surface area contributed by atoms with Gasteiger partial charge in [-0.1, -0.05) is 34.9 Å². The van der Waals surface area contributed by atoms with Crippen molar-refractivity contribution >= 4 is 51.6 Å². The molecule has 2 heterocycles. The summed E-state index contributed by atoms with van der Waals surface area (Å²) in [5.74, 6) is -0.692. The Hall–Kier alpha value is -2.11. The summed E-state index contributed by atoms with van der Waals surface area (Å²) in [6.45, 7) is 2.27. The molecule has 0 unspecified atom stereocenters. The molecule has 0 aliphatic heterocycles. The van der Waals surface area contributed by atoms with Crippen LogP contribution in [0.15, 0.2) is 50.1 Å². The number of halogens is 2. The Kier molecular flexibility index (Phi) is 7.51. The highest BCUT2D eigenvalue weighted by Crippen LogP contribution is 2.30. The molecule has 3 aromatic rings. The summed E-state index contributed by atoms with van der Waals surface area (Å²) >= 11 is 3.13. The van der Waals surface area contributed by atoms with Gasteiger partial charge < -0.3 is 14.6 Å². The van der Waals surface area contributed by atoms with E-state index in [9.17, 15) is 13.6 Å². The molecule has 6 nitrogen and oxygen atoms in total. The van der Waals surface area contributed by atoms with Gasteiger partial charge >= 0.3 is 0 Å². The summed E-state index contributed by atoms with van der Waals surface area (Å²) in [5, 5.41) is 11.8. The van der Waals surface area contributed by atoms with Crippen molar-refractivity contribution in [2.45, 2.75) is 28.5 Å². The van der Waals surface area contributed by atoms with Gasteiger partial charge in [0.25, 0.3) is 5.76 Å².